The van der Waals surface area contributed by atoms with E-state index >= 15 is 0 Å². The zero-order chi connectivity index (χ0) is 25.7. The Morgan fingerprint density at radius 3 is 2.42 bits per heavy atom. The molecule has 1 aromatic heterocycles. The normalized spacial score (nSPS) is 10.9. The van der Waals surface area contributed by atoms with E-state index in [0.717, 1.165) is 11.3 Å². The molecule has 0 aliphatic carbocycles. The van der Waals surface area contributed by atoms with Crippen LogP contribution in [-0.4, -0.2) is 39.4 Å². The topological polar surface area (TPSA) is 67.2 Å². The van der Waals surface area contributed by atoms with Crippen molar-refractivity contribution in [1.82, 2.24) is 14.5 Å². The maximum Gasteiger partial charge on any atom is 0.254 e. The van der Waals surface area contributed by atoms with Crippen LogP contribution < -0.4 is 5.32 Å². The SMILES string of the molecule is CC(C)CN(CC(=O)Nc1nc(-c2ccccc2)cn1-c1cccc(Cl)c1)C(=O)c1ccc(F)cc1. The molecule has 6 nitrogen and oxygen atoms in total. The molecule has 1 heterocycles. The van der Waals surface area contributed by atoms with Gasteiger partial charge in [0.1, 0.15) is 12.4 Å². The van der Waals surface area contributed by atoms with E-state index in [2.05, 4.69) is 10.3 Å². The molecule has 1 N–H and O–H groups in total. The van der Waals surface area contributed by atoms with E-state index in [1.54, 1.807) is 16.7 Å². The lowest BCUT2D eigenvalue weighted by atomic mass is 10.1. The molecule has 0 unspecified atom stereocenters. The highest BCUT2D eigenvalue weighted by Crippen LogP contribution is 2.25. The number of aromatic nitrogens is 2. The first-order valence-electron chi connectivity index (χ1n) is 11.6. The summed E-state index contributed by atoms with van der Waals surface area (Å²) in [5.74, 6) is -0.747. The van der Waals surface area contributed by atoms with Crippen LogP contribution >= 0.6 is 11.6 Å². The summed E-state index contributed by atoms with van der Waals surface area (Å²) in [6, 6.07) is 22.1. The number of carbonyl (C=O) groups excluding carboxylic acids is 2. The van der Waals surface area contributed by atoms with Gasteiger partial charge in [-0.15, -0.1) is 0 Å². The minimum Gasteiger partial charge on any atom is -0.329 e. The summed E-state index contributed by atoms with van der Waals surface area (Å²) in [5, 5.41) is 3.40. The van der Waals surface area contributed by atoms with Gasteiger partial charge in [0.05, 0.1) is 5.69 Å². The largest absolute Gasteiger partial charge is 0.329 e. The molecule has 0 radical (unpaired) electrons. The average Bonchev–Trinajstić information content (AvgIpc) is 3.27. The number of anilines is 1. The third kappa shape index (κ3) is 6.17. The van der Waals surface area contributed by atoms with Crippen LogP contribution in [-0.2, 0) is 4.79 Å². The predicted molar refractivity (Wildman–Crippen MR) is 140 cm³/mol. The fraction of sp³-hybridized carbons (Fsp3) is 0.179. The molecular formula is C28H26ClFN4O2. The van der Waals surface area contributed by atoms with Crippen molar-refractivity contribution in [1.29, 1.82) is 0 Å². The van der Waals surface area contributed by atoms with Gasteiger partial charge in [0.25, 0.3) is 5.91 Å². The Kier molecular flexibility index (Phi) is 7.80. The summed E-state index contributed by atoms with van der Waals surface area (Å²) in [5.41, 5.74) is 2.61. The van der Waals surface area contributed by atoms with Crippen LogP contribution in [0.5, 0.6) is 0 Å². The van der Waals surface area contributed by atoms with E-state index in [0.29, 0.717) is 28.8 Å². The Balaban J connectivity index is 1.61. The Labute approximate surface area is 214 Å². The fourth-order valence-electron chi connectivity index (χ4n) is 3.81. The highest BCUT2D eigenvalue weighted by Gasteiger charge is 2.22. The van der Waals surface area contributed by atoms with Crippen LogP contribution in [0.4, 0.5) is 10.3 Å². The maximum absolute atomic E-state index is 13.3. The number of hydrogen-bond donors (Lipinski definition) is 1. The molecule has 0 aliphatic heterocycles. The monoisotopic (exact) mass is 504 g/mol. The maximum atomic E-state index is 13.3. The second kappa shape index (κ2) is 11.2. The van der Waals surface area contributed by atoms with Gasteiger partial charge in [-0.1, -0.05) is 61.8 Å². The van der Waals surface area contributed by atoms with Crippen molar-refractivity contribution in [2.24, 2.45) is 5.92 Å². The Bertz CT molecular complexity index is 1350. The molecule has 0 saturated carbocycles. The third-order valence-corrected chi connectivity index (χ3v) is 5.65. The lowest BCUT2D eigenvalue weighted by Gasteiger charge is -2.24. The molecular weight excluding hydrogens is 479 g/mol. The molecule has 4 rings (SSSR count). The van der Waals surface area contributed by atoms with Gasteiger partial charge in [-0.2, -0.15) is 0 Å². The number of rotatable bonds is 8. The number of amides is 2. The van der Waals surface area contributed by atoms with Crippen molar-refractivity contribution in [2.45, 2.75) is 13.8 Å². The number of benzene rings is 3. The minimum atomic E-state index is -0.429. The second-order valence-electron chi connectivity index (χ2n) is 8.80. The van der Waals surface area contributed by atoms with Gasteiger partial charge in [0.2, 0.25) is 11.9 Å². The standard InChI is InChI=1S/C28H26ClFN4O2/c1-19(2)16-33(27(36)21-11-13-23(30)14-12-21)18-26(35)32-28-31-25(20-7-4-3-5-8-20)17-34(28)24-10-6-9-22(29)15-24/h3-15,17,19H,16,18H2,1-2H3,(H,31,32,35). The van der Waals surface area contributed by atoms with E-state index in [4.69, 9.17) is 11.6 Å². The van der Waals surface area contributed by atoms with E-state index in [1.807, 2.05) is 62.5 Å². The Hall–Kier alpha value is -3.97. The molecule has 0 atom stereocenters. The summed E-state index contributed by atoms with van der Waals surface area (Å²) in [7, 11) is 0. The number of imidazole rings is 1. The van der Waals surface area contributed by atoms with Gasteiger partial charge in [0.15, 0.2) is 0 Å². The second-order valence-corrected chi connectivity index (χ2v) is 9.24. The Morgan fingerprint density at radius 1 is 1.03 bits per heavy atom. The van der Waals surface area contributed by atoms with E-state index in [1.165, 1.54) is 29.2 Å². The number of carbonyl (C=O) groups is 2. The van der Waals surface area contributed by atoms with Crippen LogP contribution in [0.1, 0.15) is 24.2 Å². The average molecular weight is 505 g/mol. The Morgan fingerprint density at radius 2 is 1.75 bits per heavy atom. The van der Waals surface area contributed by atoms with Gasteiger partial charge >= 0.3 is 0 Å². The zero-order valence-corrected chi connectivity index (χ0v) is 20.7. The van der Waals surface area contributed by atoms with Crippen molar-refractivity contribution in [3.05, 3.63) is 101 Å². The lowest BCUT2D eigenvalue weighted by molar-refractivity contribution is -0.117. The van der Waals surface area contributed by atoms with Gasteiger partial charge < -0.3 is 4.90 Å². The third-order valence-electron chi connectivity index (χ3n) is 5.41. The van der Waals surface area contributed by atoms with Crippen molar-refractivity contribution in [3.8, 4) is 16.9 Å². The van der Waals surface area contributed by atoms with E-state index in [9.17, 15) is 14.0 Å². The van der Waals surface area contributed by atoms with Crippen molar-refractivity contribution < 1.29 is 14.0 Å². The first kappa shape index (κ1) is 25.1. The van der Waals surface area contributed by atoms with Crippen molar-refractivity contribution >= 4 is 29.4 Å². The first-order valence-corrected chi connectivity index (χ1v) is 11.9. The number of nitrogens with zero attached hydrogens (tertiary/aromatic N) is 3. The van der Waals surface area contributed by atoms with Gasteiger partial charge in [-0.05, 0) is 48.4 Å². The molecule has 36 heavy (non-hydrogen) atoms. The molecule has 0 fully saturated rings. The summed E-state index contributed by atoms with van der Waals surface area (Å²) >= 11 is 6.21. The lowest BCUT2D eigenvalue weighted by Crippen LogP contribution is -2.40. The summed E-state index contributed by atoms with van der Waals surface area (Å²) in [4.78, 5) is 32.3. The number of nitrogens with one attached hydrogen (secondary N) is 1. The van der Waals surface area contributed by atoms with E-state index < -0.39 is 11.7 Å². The summed E-state index contributed by atoms with van der Waals surface area (Å²) in [6.45, 7) is 4.10. The summed E-state index contributed by atoms with van der Waals surface area (Å²) in [6.07, 6.45) is 1.83. The molecule has 3 aromatic carbocycles. The highest BCUT2D eigenvalue weighted by molar-refractivity contribution is 6.30. The van der Waals surface area contributed by atoms with Crippen LogP contribution in [0.25, 0.3) is 16.9 Å². The van der Waals surface area contributed by atoms with Crippen LogP contribution in [0, 0.1) is 11.7 Å². The van der Waals surface area contributed by atoms with Crippen molar-refractivity contribution in [3.63, 3.8) is 0 Å². The van der Waals surface area contributed by atoms with Crippen LogP contribution in [0.3, 0.4) is 0 Å². The zero-order valence-electron chi connectivity index (χ0n) is 20.0. The van der Waals surface area contributed by atoms with Crippen LogP contribution in [0.15, 0.2) is 85.1 Å². The predicted octanol–water partition coefficient (Wildman–Crippen LogP) is 6.07. The molecule has 8 heteroatoms. The minimum absolute atomic E-state index is 0.125. The smallest absolute Gasteiger partial charge is 0.254 e. The molecule has 0 bridgehead atoms. The van der Waals surface area contributed by atoms with Crippen LogP contribution in [0.2, 0.25) is 5.02 Å². The number of hydrogen-bond acceptors (Lipinski definition) is 3. The molecule has 2 amide bonds. The van der Waals surface area contributed by atoms with Gasteiger partial charge in [0, 0.05) is 34.6 Å². The number of halogens is 2. The first-order chi connectivity index (χ1) is 17.3. The van der Waals surface area contributed by atoms with Gasteiger partial charge in [-0.25, -0.2) is 9.37 Å². The molecule has 0 aliphatic rings. The molecule has 4 aromatic rings. The summed E-state index contributed by atoms with van der Waals surface area (Å²) < 4.78 is 15.1. The van der Waals surface area contributed by atoms with Crippen molar-refractivity contribution in [2.75, 3.05) is 18.4 Å². The van der Waals surface area contributed by atoms with E-state index in [-0.39, 0.29) is 18.4 Å². The molecule has 0 saturated heterocycles. The molecule has 0 spiro atoms. The highest BCUT2D eigenvalue weighted by atomic mass is 35.5. The quantitative estimate of drug-likeness (QED) is 0.317. The fourth-order valence-corrected chi connectivity index (χ4v) is 4.00. The van der Waals surface area contributed by atoms with Gasteiger partial charge in [-0.3, -0.25) is 19.5 Å². The molecule has 184 valence electrons.